The Hall–Kier alpha value is -2.19. The van der Waals surface area contributed by atoms with Gasteiger partial charge in [-0.05, 0) is 37.8 Å². The van der Waals surface area contributed by atoms with Crippen LogP contribution in [-0.4, -0.2) is 61.8 Å². The van der Waals surface area contributed by atoms with Crippen molar-refractivity contribution in [2.75, 3.05) is 37.3 Å². The average molecular weight is 502 g/mol. The first kappa shape index (κ1) is 24.0. The first-order valence-corrected chi connectivity index (χ1v) is 12.8. The molecule has 4 N–H and O–H groups in total. The number of hydrogen-bond donors (Lipinski definition) is 3. The molecule has 0 bridgehead atoms. The SMILES string of the molecule is Nc1nc(NC2CCN(S(=O)(=O)OCCNC3CC3)CC2)sc1C(=O)c1c(F)cccc1F. The summed E-state index contributed by atoms with van der Waals surface area (Å²) in [5.74, 6) is -2.94. The number of rotatable bonds is 10. The summed E-state index contributed by atoms with van der Waals surface area (Å²) in [7, 11) is -3.79. The zero-order valence-electron chi connectivity index (χ0n) is 17.7. The van der Waals surface area contributed by atoms with Crippen molar-refractivity contribution < 1.29 is 26.2 Å². The number of nitrogens with one attached hydrogen (secondary N) is 2. The lowest BCUT2D eigenvalue weighted by Gasteiger charge is -2.30. The van der Waals surface area contributed by atoms with Gasteiger partial charge in [0.1, 0.15) is 22.3 Å². The fourth-order valence-corrected chi connectivity index (χ4v) is 5.56. The molecular weight excluding hydrogens is 476 g/mol. The van der Waals surface area contributed by atoms with Crippen molar-refractivity contribution in [1.29, 1.82) is 0 Å². The van der Waals surface area contributed by atoms with Crippen LogP contribution < -0.4 is 16.4 Å². The largest absolute Gasteiger partial charge is 0.382 e. The van der Waals surface area contributed by atoms with Gasteiger partial charge < -0.3 is 16.4 Å². The number of nitrogens with zero attached hydrogens (tertiary/aromatic N) is 2. The van der Waals surface area contributed by atoms with E-state index in [0.717, 1.165) is 36.3 Å². The van der Waals surface area contributed by atoms with E-state index in [9.17, 15) is 22.0 Å². The molecule has 1 saturated carbocycles. The van der Waals surface area contributed by atoms with Crippen LogP contribution in [0, 0.1) is 11.6 Å². The molecule has 1 aromatic heterocycles. The van der Waals surface area contributed by atoms with Crippen LogP contribution in [0.5, 0.6) is 0 Å². The fourth-order valence-electron chi connectivity index (χ4n) is 3.56. The van der Waals surface area contributed by atoms with E-state index in [1.165, 1.54) is 10.4 Å². The Balaban J connectivity index is 1.31. The summed E-state index contributed by atoms with van der Waals surface area (Å²) in [5, 5.41) is 6.66. The van der Waals surface area contributed by atoms with Crippen LogP contribution in [0.15, 0.2) is 18.2 Å². The highest BCUT2D eigenvalue weighted by molar-refractivity contribution is 7.84. The molecule has 33 heavy (non-hydrogen) atoms. The molecule has 0 amide bonds. The highest BCUT2D eigenvalue weighted by Crippen LogP contribution is 2.30. The topological polar surface area (TPSA) is 127 Å². The van der Waals surface area contributed by atoms with Gasteiger partial charge in [0.2, 0.25) is 5.78 Å². The molecule has 2 heterocycles. The van der Waals surface area contributed by atoms with E-state index in [-0.39, 0.29) is 36.4 Å². The van der Waals surface area contributed by atoms with E-state index in [2.05, 4.69) is 15.6 Å². The number of aromatic nitrogens is 1. The highest BCUT2D eigenvalue weighted by Gasteiger charge is 2.30. The molecule has 0 unspecified atom stereocenters. The van der Waals surface area contributed by atoms with Crippen molar-refractivity contribution in [3.8, 4) is 0 Å². The molecule has 1 aromatic carbocycles. The van der Waals surface area contributed by atoms with Gasteiger partial charge in [-0.2, -0.15) is 12.7 Å². The molecule has 1 aliphatic heterocycles. The molecule has 2 aromatic rings. The number of carbonyl (C=O) groups excluding carboxylic acids is 1. The van der Waals surface area contributed by atoms with Crippen LogP contribution in [0.25, 0.3) is 0 Å². The summed E-state index contributed by atoms with van der Waals surface area (Å²) in [6, 6.07) is 3.56. The lowest BCUT2D eigenvalue weighted by Crippen LogP contribution is -2.43. The molecule has 0 radical (unpaired) electrons. The van der Waals surface area contributed by atoms with Crippen molar-refractivity contribution in [2.45, 2.75) is 37.8 Å². The van der Waals surface area contributed by atoms with Gasteiger partial charge >= 0.3 is 10.3 Å². The molecular formula is C20H25F2N5O4S2. The summed E-state index contributed by atoms with van der Waals surface area (Å²) in [5.41, 5.74) is 5.15. The number of benzene rings is 1. The molecule has 180 valence electrons. The lowest BCUT2D eigenvalue weighted by molar-refractivity contribution is 0.103. The van der Waals surface area contributed by atoms with Gasteiger partial charge in [-0.3, -0.25) is 8.98 Å². The first-order valence-electron chi connectivity index (χ1n) is 10.6. The van der Waals surface area contributed by atoms with Crippen LogP contribution in [0.2, 0.25) is 0 Å². The third kappa shape index (κ3) is 5.84. The number of nitrogen functional groups attached to an aromatic ring is 1. The van der Waals surface area contributed by atoms with Crippen molar-refractivity contribution in [1.82, 2.24) is 14.6 Å². The smallest absolute Gasteiger partial charge is 0.338 e. The maximum Gasteiger partial charge on any atom is 0.338 e. The van der Waals surface area contributed by atoms with E-state index >= 15 is 0 Å². The van der Waals surface area contributed by atoms with E-state index < -0.39 is 33.3 Å². The van der Waals surface area contributed by atoms with E-state index in [1.54, 1.807) is 0 Å². The standard InChI is InChI=1S/C20H25F2N5O4S2/c21-14-2-1-3-15(22)16(14)17(28)18-19(23)26-20(32-18)25-13-6-9-27(10-7-13)33(29,30)31-11-8-24-12-4-5-12/h1-3,12-13,24H,4-11,23H2,(H,25,26). The van der Waals surface area contributed by atoms with Crippen molar-refractivity contribution in [3.05, 3.63) is 40.3 Å². The Morgan fingerprint density at radius 1 is 1.18 bits per heavy atom. The Labute approximate surface area is 194 Å². The Kier molecular flexibility index (Phi) is 7.24. The van der Waals surface area contributed by atoms with Crippen LogP contribution in [-0.2, 0) is 14.5 Å². The molecule has 9 nitrogen and oxygen atoms in total. The predicted octanol–water partition coefficient (Wildman–Crippen LogP) is 2.12. The van der Waals surface area contributed by atoms with Gasteiger partial charge in [-0.1, -0.05) is 17.4 Å². The summed E-state index contributed by atoms with van der Waals surface area (Å²) < 4.78 is 59.0. The fraction of sp³-hybridized carbons (Fsp3) is 0.500. The van der Waals surface area contributed by atoms with Crippen LogP contribution in [0.3, 0.4) is 0 Å². The van der Waals surface area contributed by atoms with Gasteiger partial charge in [0, 0.05) is 31.7 Å². The molecule has 4 rings (SSSR count). The number of halogens is 2. The van der Waals surface area contributed by atoms with Crippen LogP contribution in [0.4, 0.5) is 19.7 Å². The number of carbonyl (C=O) groups is 1. The Morgan fingerprint density at radius 2 is 1.85 bits per heavy atom. The third-order valence-corrected chi connectivity index (χ3v) is 7.96. The number of ketones is 1. The Bertz CT molecular complexity index is 1100. The van der Waals surface area contributed by atoms with Crippen molar-refractivity contribution >= 4 is 38.4 Å². The number of hydrogen-bond acceptors (Lipinski definition) is 9. The minimum atomic E-state index is -3.79. The van der Waals surface area contributed by atoms with Gasteiger partial charge in [-0.25, -0.2) is 13.8 Å². The summed E-state index contributed by atoms with van der Waals surface area (Å²) in [4.78, 5) is 16.7. The summed E-state index contributed by atoms with van der Waals surface area (Å²) in [6.45, 7) is 1.12. The second-order valence-corrected chi connectivity index (χ2v) is 10.6. The van der Waals surface area contributed by atoms with Crippen LogP contribution in [0.1, 0.15) is 40.9 Å². The molecule has 1 aliphatic carbocycles. The molecule has 2 fully saturated rings. The summed E-state index contributed by atoms with van der Waals surface area (Å²) in [6.07, 6.45) is 3.22. The number of thiazole rings is 1. The molecule has 13 heteroatoms. The Morgan fingerprint density at radius 3 is 2.48 bits per heavy atom. The maximum atomic E-state index is 14.0. The third-order valence-electron chi connectivity index (χ3n) is 5.49. The van der Waals surface area contributed by atoms with E-state index in [1.807, 2.05) is 0 Å². The average Bonchev–Trinajstić information content (AvgIpc) is 3.52. The zero-order valence-corrected chi connectivity index (χ0v) is 19.4. The lowest BCUT2D eigenvalue weighted by atomic mass is 10.1. The highest BCUT2D eigenvalue weighted by atomic mass is 32.2. The zero-order chi connectivity index (χ0) is 23.6. The normalized spacial score (nSPS) is 17.9. The maximum absolute atomic E-state index is 14.0. The second-order valence-electron chi connectivity index (χ2n) is 7.98. The van der Waals surface area contributed by atoms with Crippen molar-refractivity contribution in [2.24, 2.45) is 0 Å². The molecule has 0 spiro atoms. The van der Waals surface area contributed by atoms with Gasteiger partial charge in [0.05, 0.1) is 12.2 Å². The van der Waals surface area contributed by atoms with Gasteiger partial charge in [0.25, 0.3) is 0 Å². The van der Waals surface area contributed by atoms with E-state index in [4.69, 9.17) is 9.92 Å². The van der Waals surface area contributed by atoms with Gasteiger partial charge in [-0.15, -0.1) is 0 Å². The van der Waals surface area contributed by atoms with E-state index in [0.29, 0.717) is 30.6 Å². The molecule has 1 saturated heterocycles. The number of piperidine rings is 1. The van der Waals surface area contributed by atoms with Gasteiger partial charge in [0.15, 0.2) is 5.13 Å². The number of anilines is 2. The minimum absolute atomic E-state index is 0.0604. The number of nitrogens with two attached hydrogens (primary N) is 1. The van der Waals surface area contributed by atoms with Crippen LogP contribution >= 0.6 is 11.3 Å². The minimum Gasteiger partial charge on any atom is -0.382 e. The molecule has 2 aliphatic rings. The molecule has 0 atom stereocenters. The quantitative estimate of drug-likeness (QED) is 0.334. The second kappa shape index (κ2) is 9.97. The summed E-state index contributed by atoms with van der Waals surface area (Å²) >= 11 is 0.907. The van der Waals surface area contributed by atoms with Crippen molar-refractivity contribution in [3.63, 3.8) is 0 Å². The monoisotopic (exact) mass is 501 g/mol. The first-order chi connectivity index (χ1) is 15.7. The predicted molar refractivity (Wildman–Crippen MR) is 120 cm³/mol.